The number of hydrogen-bond acceptors (Lipinski definition) is 9. The number of fused-ring (bicyclic) bond motifs is 2. The highest BCUT2D eigenvalue weighted by molar-refractivity contribution is 6.05. The molecule has 0 fully saturated rings. The van der Waals surface area contributed by atoms with Crippen molar-refractivity contribution in [2.24, 2.45) is 0 Å². The minimum absolute atomic E-state index is 0.00637. The quantitative estimate of drug-likeness (QED) is 0.226. The van der Waals surface area contributed by atoms with E-state index < -0.39 is 0 Å². The summed E-state index contributed by atoms with van der Waals surface area (Å²) in [5.41, 5.74) is 5.41. The fourth-order valence-electron chi connectivity index (χ4n) is 4.01. The average Bonchev–Trinajstić information content (AvgIpc) is 3.61. The summed E-state index contributed by atoms with van der Waals surface area (Å²) in [6.07, 6.45) is 3.12. The van der Waals surface area contributed by atoms with E-state index in [1.54, 1.807) is 18.3 Å². The summed E-state index contributed by atoms with van der Waals surface area (Å²) >= 11 is 0. The van der Waals surface area contributed by atoms with Crippen LogP contribution in [0.15, 0.2) is 55.0 Å². The molecule has 0 spiro atoms. The Morgan fingerprint density at radius 2 is 1.92 bits per heavy atom. The van der Waals surface area contributed by atoms with Gasteiger partial charge in [0.25, 0.3) is 11.8 Å². The van der Waals surface area contributed by atoms with Gasteiger partial charge in [-0.25, -0.2) is 9.97 Å². The van der Waals surface area contributed by atoms with E-state index in [1.807, 2.05) is 30.3 Å². The van der Waals surface area contributed by atoms with Crippen LogP contribution in [0.25, 0.3) is 22.4 Å². The van der Waals surface area contributed by atoms with Crippen molar-refractivity contribution >= 4 is 34.2 Å². The maximum absolute atomic E-state index is 12.9. The molecular weight excluding hydrogens is 476 g/mol. The van der Waals surface area contributed by atoms with Gasteiger partial charge in [-0.05, 0) is 28.5 Å². The summed E-state index contributed by atoms with van der Waals surface area (Å²) in [5, 5.41) is 22.9. The van der Waals surface area contributed by atoms with Gasteiger partial charge in [0.1, 0.15) is 17.6 Å². The molecule has 0 atom stereocenters. The molecule has 1 aliphatic heterocycles. The first kappa shape index (κ1) is 22.2. The number of ether oxygens (including phenoxy) is 1. The van der Waals surface area contributed by atoms with E-state index in [4.69, 9.17) is 4.74 Å². The second-order valence-electron chi connectivity index (χ2n) is 8.28. The van der Waals surface area contributed by atoms with Gasteiger partial charge < -0.3 is 25.7 Å². The zero-order valence-electron chi connectivity index (χ0n) is 19.3. The average molecular weight is 496 g/mol. The number of anilines is 2. The largest absolute Gasteiger partial charge is 0.482 e. The van der Waals surface area contributed by atoms with Gasteiger partial charge in [0, 0.05) is 24.8 Å². The molecule has 2 amide bonds. The summed E-state index contributed by atoms with van der Waals surface area (Å²) in [7, 11) is 0. The first-order valence-corrected chi connectivity index (χ1v) is 11.4. The highest BCUT2D eigenvalue weighted by Crippen LogP contribution is 2.28. The van der Waals surface area contributed by atoms with Gasteiger partial charge in [-0.15, -0.1) is 10.2 Å². The van der Waals surface area contributed by atoms with Crippen LogP contribution in [0.2, 0.25) is 0 Å². The third kappa shape index (κ3) is 4.52. The van der Waals surface area contributed by atoms with E-state index in [1.165, 1.54) is 6.33 Å². The molecule has 1 aliphatic rings. The van der Waals surface area contributed by atoms with Gasteiger partial charge >= 0.3 is 0 Å². The molecule has 0 radical (unpaired) electrons. The van der Waals surface area contributed by atoms with Crippen molar-refractivity contribution in [3.8, 4) is 17.1 Å². The fourth-order valence-corrected chi connectivity index (χ4v) is 4.01. The van der Waals surface area contributed by atoms with E-state index >= 15 is 0 Å². The number of aromatic nitrogens is 7. The number of benzene rings is 2. The lowest BCUT2D eigenvalue weighted by molar-refractivity contribution is -0.118. The second kappa shape index (κ2) is 9.37. The zero-order chi connectivity index (χ0) is 25.2. The summed E-state index contributed by atoms with van der Waals surface area (Å²) < 4.78 is 5.37. The number of nitrogens with zero attached hydrogens (tertiary/aromatic N) is 5. The number of tetrazole rings is 1. The number of rotatable bonds is 7. The molecule has 37 heavy (non-hydrogen) atoms. The van der Waals surface area contributed by atoms with Crippen LogP contribution in [0.3, 0.4) is 0 Å². The van der Waals surface area contributed by atoms with E-state index in [-0.39, 0.29) is 30.7 Å². The topological polar surface area (TPSA) is 175 Å². The lowest BCUT2D eigenvalue weighted by Gasteiger charge is -2.18. The highest BCUT2D eigenvalue weighted by atomic mass is 16.5. The lowest BCUT2D eigenvalue weighted by Crippen LogP contribution is -2.26. The number of amides is 2. The molecular formula is C24H20N10O3. The lowest BCUT2D eigenvalue weighted by atomic mass is 10.1. The monoisotopic (exact) mass is 496 g/mol. The molecule has 13 heteroatoms. The number of carbonyl (C=O) groups is 2. The molecule has 2 aromatic carbocycles. The minimum Gasteiger partial charge on any atom is -0.482 e. The van der Waals surface area contributed by atoms with Crippen molar-refractivity contribution in [1.82, 2.24) is 40.9 Å². The van der Waals surface area contributed by atoms with Crippen LogP contribution in [-0.2, 0) is 17.9 Å². The maximum atomic E-state index is 12.9. The van der Waals surface area contributed by atoms with Gasteiger partial charge in [0.2, 0.25) is 5.82 Å². The molecule has 0 bridgehead atoms. The van der Waals surface area contributed by atoms with E-state index in [0.29, 0.717) is 34.8 Å². The molecule has 0 unspecified atom stereocenters. The Balaban J connectivity index is 1.12. The Hall–Kier alpha value is -5.33. The Labute approximate surface area is 209 Å². The minimum atomic E-state index is -0.351. The predicted molar refractivity (Wildman–Crippen MR) is 133 cm³/mol. The van der Waals surface area contributed by atoms with Crippen LogP contribution in [-0.4, -0.2) is 54.0 Å². The Bertz CT molecular complexity index is 1600. The normalized spacial score (nSPS) is 12.5. The standard InChI is InChI=1S/C24H20N10O3/c35-19-11-37-18-6-3-14(7-16(18)30-19)9-27-24(36)22-21-20(28-12-29-22)17(10-26-21)25-8-13-1-4-15(5-2-13)23-31-33-34-32-23/h1-7,10,12,25-26H,8-9,11H2,(H,27,36)(H,30,35)(H,31,32,33,34). The van der Waals surface area contributed by atoms with Crippen molar-refractivity contribution in [1.29, 1.82) is 0 Å². The summed E-state index contributed by atoms with van der Waals surface area (Å²) in [4.78, 5) is 36.1. The van der Waals surface area contributed by atoms with Gasteiger partial charge in [-0.1, -0.05) is 30.3 Å². The van der Waals surface area contributed by atoms with Gasteiger partial charge in [-0.3, -0.25) is 9.59 Å². The molecule has 0 aliphatic carbocycles. The Morgan fingerprint density at radius 1 is 1.05 bits per heavy atom. The van der Waals surface area contributed by atoms with Gasteiger partial charge in [-0.2, -0.15) is 5.21 Å². The molecule has 0 saturated carbocycles. The molecule has 5 aromatic rings. The van der Waals surface area contributed by atoms with E-state index in [2.05, 4.69) is 51.5 Å². The van der Waals surface area contributed by atoms with E-state index in [0.717, 1.165) is 22.4 Å². The summed E-state index contributed by atoms with van der Waals surface area (Å²) in [6, 6.07) is 13.2. The first-order chi connectivity index (χ1) is 18.1. The van der Waals surface area contributed by atoms with Crippen molar-refractivity contribution in [2.45, 2.75) is 13.1 Å². The van der Waals surface area contributed by atoms with Crippen LogP contribution in [0.5, 0.6) is 5.75 Å². The van der Waals surface area contributed by atoms with Crippen LogP contribution >= 0.6 is 0 Å². The number of nitrogens with one attached hydrogen (secondary N) is 5. The zero-order valence-corrected chi connectivity index (χ0v) is 19.3. The van der Waals surface area contributed by atoms with Crippen LogP contribution in [0.4, 0.5) is 11.4 Å². The molecule has 5 N–H and O–H groups in total. The van der Waals surface area contributed by atoms with Crippen LogP contribution < -0.4 is 20.7 Å². The third-order valence-corrected chi connectivity index (χ3v) is 5.85. The highest BCUT2D eigenvalue weighted by Gasteiger charge is 2.18. The smallest absolute Gasteiger partial charge is 0.272 e. The van der Waals surface area contributed by atoms with Crippen LogP contribution in [0.1, 0.15) is 21.6 Å². The SMILES string of the molecule is O=C1COc2ccc(CNC(=O)c3ncnc4c(NCc5ccc(-c6nn[nH]n6)cc5)c[nH]c34)cc2N1. The van der Waals surface area contributed by atoms with Gasteiger partial charge in [0.05, 0.1) is 16.9 Å². The second-order valence-corrected chi connectivity index (χ2v) is 8.28. The van der Waals surface area contributed by atoms with Crippen molar-refractivity contribution in [3.63, 3.8) is 0 Å². The molecule has 0 saturated heterocycles. The number of H-pyrrole nitrogens is 2. The van der Waals surface area contributed by atoms with E-state index in [9.17, 15) is 9.59 Å². The molecule has 4 heterocycles. The number of carbonyl (C=O) groups excluding carboxylic acids is 2. The fraction of sp³-hybridized carbons (Fsp3) is 0.125. The molecule has 6 rings (SSSR count). The summed E-state index contributed by atoms with van der Waals surface area (Å²) in [5.74, 6) is 0.567. The molecule has 184 valence electrons. The van der Waals surface area contributed by atoms with Crippen molar-refractivity contribution in [3.05, 3.63) is 71.8 Å². The first-order valence-electron chi connectivity index (χ1n) is 11.4. The maximum Gasteiger partial charge on any atom is 0.272 e. The van der Waals surface area contributed by atoms with Gasteiger partial charge in [0.15, 0.2) is 12.3 Å². The number of hydrogen-bond donors (Lipinski definition) is 5. The Kier molecular flexibility index (Phi) is 5.61. The third-order valence-electron chi connectivity index (χ3n) is 5.85. The molecule has 3 aromatic heterocycles. The summed E-state index contributed by atoms with van der Waals surface area (Å²) in [6.45, 7) is 0.788. The Morgan fingerprint density at radius 3 is 2.76 bits per heavy atom. The molecule has 13 nitrogen and oxygen atoms in total. The predicted octanol–water partition coefficient (Wildman–Crippen LogP) is 2.01. The van der Waals surface area contributed by atoms with Crippen molar-refractivity contribution < 1.29 is 14.3 Å². The van der Waals surface area contributed by atoms with Crippen LogP contribution in [0, 0.1) is 0 Å². The number of aromatic amines is 2. The van der Waals surface area contributed by atoms with Crippen molar-refractivity contribution in [2.75, 3.05) is 17.2 Å².